The molecule has 2 aromatic carbocycles. The number of hydrogen-bond donors (Lipinski definition) is 3. The van der Waals surface area contributed by atoms with Gasteiger partial charge >= 0.3 is 0 Å². The predicted octanol–water partition coefficient (Wildman–Crippen LogP) is 3.91. The van der Waals surface area contributed by atoms with Gasteiger partial charge in [0.1, 0.15) is 5.54 Å². The van der Waals surface area contributed by atoms with E-state index in [1.54, 1.807) is 0 Å². The Labute approximate surface area is 227 Å². The maximum Gasteiger partial charge on any atom is 0.254 e. The van der Waals surface area contributed by atoms with Crippen molar-refractivity contribution in [3.8, 4) is 0 Å². The molecule has 3 aliphatic heterocycles. The lowest BCUT2D eigenvalue weighted by Crippen LogP contribution is -2.55. The molecular weight excluding hydrogens is 494 g/mol. The van der Waals surface area contributed by atoms with E-state index in [4.69, 9.17) is 4.74 Å². The van der Waals surface area contributed by atoms with Gasteiger partial charge in [0.25, 0.3) is 5.91 Å². The highest BCUT2D eigenvalue weighted by Gasteiger charge is 2.53. The number of aliphatic hydroxyl groups excluding tert-OH is 1. The Morgan fingerprint density at radius 2 is 1.74 bits per heavy atom. The third kappa shape index (κ3) is 5.17. The van der Waals surface area contributed by atoms with Gasteiger partial charge in [0.2, 0.25) is 0 Å². The van der Waals surface area contributed by atoms with Crippen molar-refractivity contribution in [1.29, 1.82) is 0 Å². The Kier molecular flexibility index (Phi) is 7.98. The molecule has 1 amide bonds. The predicted molar refractivity (Wildman–Crippen MR) is 154 cm³/mol. The summed E-state index contributed by atoms with van der Waals surface area (Å²) in [7, 11) is -2.42. The fraction of sp³-hybridized carbons (Fsp3) is 0.567. The molecule has 0 aliphatic carbocycles. The molecule has 2 aromatic rings. The highest BCUT2D eigenvalue weighted by Crippen LogP contribution is 2.45. The second kappa shape index (κ2) is 11.1. The molecular formula is C30H43N3O4Si. The van der Waals surface area contributed by atoms with E-state index in [9.17, 15) is 14.7 Å². The first kappa shape index (κ1) is 27.3. The minimum absolute atomic E-state index is 0.0548. The summed E-state index contributed by atoms with van der Waals surface area (Å²) in [5.41, 5.74) is 2.85. The van der Waals surface area contributed by atoms with Crippen LogP contribution in [0.5, 0.6) is 0 Å². The maximum absolute atomic E-state index is 14.0. The number of ether oxygens (including phenoxy) is 1. The molecule has 0 radical (unpaired) electrons. The standard InChI is InChI=1S/C30H43N3O4Si/c1-22-26(37-27(14-19-34)28(22)38(2,3)36)13-12-23-8-7-11-25(20-23)32-21-33(24-9-5-4-6-10-24)30(29(32)35)15-17-31-18-16-30/h4-11,20,22,26-28,31,34,36H,12-19,21H2,1-3H3/t22-,26+,27-,28+/m0/s1. The number of benzene rings is 2. The molecule has 3 fully saturated rings. The molecule has 3 heterocycles. The van der Waals surface area contributed by atoms with Crippen molar-refractivity contribution >= 4 is 25.6 Å². The Morgan fingerprint density at radius 3 is 2.42 bits per heavy atom. The highest BCUT2D eigenvalue weighted by molar-refractivity contribution is 6.71. The van der Waals surface area contributed by atoms with E-state index in [1.807, 2.05) is 42.3 Å². The first-order valence-corrected chi connectivity index (χ1v) is 17.2. The Hall–Kier alpha value is -2.23. The number of nitrogens with zero attached hydrogens (tertiary/aromatic N) is 2. The zero-order valence-corrected chi connectivity index (χ0v) is 24.0. The van der Waals surface area contributed by atoms with E-state index in [-0.39, 0.29) is 36.2 Å². The molecule has 1 spiro atoms. The fourth-order valence-electron chi connectivity index (χ4n) is 7.16. The van der Waals surface area contributed by atoms with Crippen molar-refractivity contribution < 1.29 is 19.4 Å². The number of para-hydroxylation sites is 1. The number of carbonyl (C=O) groups excluding carboxylic acids is 1. The average molecular weight is 538 g/mol. The summed E-state index contributed by atoms with van der Waals surface area (Å²) in [6, 6.07) is 18.7. The number of nitrogens with one attached hydrogen (secondary N) is 1. The molecule has 8 heteroatoms. The Bertz CT molecular complexity index is 1100. The van der Waals surface area contributed by atoms with E-state index >= 15 is 0 Å². The molecule has 0 bridgehead atoms. The number of aryl methyl sites for hydroxylation is 1. The van der Waals surface area contributed by atoms with Gasteiger partial charge in [-0.15, -0.1) is 0 Å². The summed E-state index contributed by atoms with van der Waals surface area (Å²) in [4.78, 5) is 29.2. The van der Waals surface area contributed by atoms with Crippen LogP contribution < -0.4 is 15.1 Å². The second-order valence-electron chi connectivity index (χ2n) is 11.9. The topological polar surface area (TPSA) is 85.3 Å². The lowest BCUT2D eigenvalue weighted by molar-refractivity contribution is -0.122. The second-order valence-corrected chi connectivity index (χ2v) is 15.9. The monoisotopic (exact) mass is 537 g/mol. The molecule has 206 valence electrons. The van der Waals surface area contributed by atoms with Crippen LogP contribution in [0.15, 0.2) is 54.6 Å². The maximum atomic E-state index is 14.0. The van der Waals surface area contributed by atoms with E-state index in [1.165, 1.54) is 5.56 Å². The number of piperidine rings is 1. The average Bonchev–Trinajstić information content (AvgIpc) is 3.37. The largest absolute Gasteiger partial charge is 0.432 e. The third-order valence-electron chi connectivity index (χ3n) is 9.01. The van der Waals surface area contributed by atoms with Crippen molar-refractivity contribution in [2.45, 2.75) is 75.4 Å². The van der Waals surface area contributed by atoms with Gasteiger partial charge in [0, 0.05) is 23.5 Å². The number of carbonyl (C=O) groups is 1. The van der Waals surface area contributed by atoms with Crippen LogP contribution in [0.25, 0.3) is 0 Å². The van der Waals surface area contributed by atoms with Crippen LogP contribution in [0.1, 0.15) is 38.2 Å². The van der Waals surface area contributed by atoms with Crippen LogP contribution >= 0.6 is 0 Å². The number of anilines is 2. The molecule has 3 N–H and O–H groups in total. The molecule has 5 rings (SSSR count). The summed E-state index contributed by atoms with van der Waals surface area (Å²) in [6.45, 7) is 8.46. The molecule has 3 aliphatic rings. The summed E-state index contributed by atoms with van der Waals surface area (Å²) < 4.78 is 6.40. The van der Waals surface area contributed by atoms with E-state index < -0.39 is 13.9 Å². The van der Waals surface area contributed by atoms with Crippen LogP contribution in [-0.4, -0.2) is 68.2 Å². The molecule has 3 saturated heterocycles. The minimum Gasteiger partial charge on any atom is -0.432 e. The quantitative estimate of drug-likeness (QED) is 0.443. The summed E-state index contributed by atoms with van der Waals surface area (Å²) in [5.74, 6) is 0.443. The summed E-state index contributed by atoms with van der Waals surface area (Å²) in [6.07, 6.45) is 3.85. The third-order valence-corrected chi connectivity index (χ3v) is 11.5. The van der Waals surface area contributed by atoms with Crippen LogP contribution in [0, 0.1) is 5.92 Å². The van der Waals surface area contributed by atoms with Crippen LogP contribution in [0.3, 0.4) is 0 Å². The van der Waals surface area contributed by atoms with Gasteiger partial charge in [-0.1, -0.05) is 37.3 Å². The first-order chi connectivity index (χ1) is 18.2. The van der Waals surface area contributed by atoms with E-state index in [0.717, 1.165) is 50.1 Å². The fourth-order valence-corrected chi connectivity index (χ4v) is 9.82. The van der Waals surface area contributed by atoms with Gasteiger partial charge in [0.05, 0.1) is 18.9 Å². The summed E-state index contributed by atoms with van der Waals surface area (Å²) >= 11 is 0. The van der Waals surface area contributed by atoms with Gasteiger partial charge in [-0.2, -0.15) is 0 Å². The SMILES string of the molecule is C[C@@H]1[C@@H]([Si](C)(C)O)[C@H](CCO)O[C@@H]1CCc1cccc(N2CN(c3ccccc3)C3(CCNCC3)C2=O)c1. The van der Waals surface area contributed by atoms with Crippen LogP contribution in [0.4, 0.5) is 11.4 Å². The lowest BCUT2D eigenvalue weighted by atomic mass is 9.86. The highest BCUT2D eigenvalue weighted by atomic mass is 28.4. The number of amides is 1. The molecule has 38 heavy (non-hydrogen) atoms. The van der Waals surface area contributed by atoms with Crippen molar-refractivity contribution in [2.75, 3.05) is 36.2 Å². The van der Waals surface area contributed by atoms with Gasteiger partial charge in [-0.25, -0.2) is 0 Å². The lowest BCUT2D eigenvalue weighted by Gasteiger charge is -2.39. The van der Waals surface area contributed by atoms with E-state index in [2.05, 4.69) is 47.5 Å². The van der Waals surface area contributed by atoms with Crippen LogP contribution in [0.2, 0.25) is 18.6 Å². The van der Waals surface area contributed by atoms with Crippen molar-refractivity contribution in [1.82, 2.24) is 5.32 Å². The first-order valence-electron chi connectivity index (χ1n) is 14.2. The van der Waals surface area contributed by atoms with Gasteiger partial charge in [-0.05, 0) is 94.0 Å². The smallest absolute Gasteiger partial charge is 0.254 e. The zero-order valence-electron chi connectivity index (χ0n) is 23.0. The van der Waals surface area contributed by atoms with Crippen molar-refractivity contribution in [3.05, 3.63) is 60.2 Å². The van der Waals surface area contributed by atoms with Gasteiger partial charge in [0.15, 0.2) is 8.32 Å². The van der Waals surface area contributed by atoms with Crippen molar-refractivity contribution in [2.24, 2.45) is 5.92 Å². The molecule has 0 aromatic heterocycles. The number of rotatable bonds is 8. The minimum atomic E-state index is -2.42. The number of aliphatic hydroxyl groups is 1. The zero-order chi connectivity index (χ0) is 26.9. The van der Waals surface area contributed by atoms with Gasteiger partial charge in [-0.3, -0.25) is 9.69 Å². The molecule has 0 unspecified atom stereocenters. The molecule has 4 atom stereocenters. The molecule has 7 nitrogen and oxygen atoms in total. The number of hydrogen-bond acceptors (Lipinski definition) is 6. The molecule has 0 saturated carbocycles. The van der Waals surface area contributed by atoms with Gasteiger partial charge < -0.3 is 24.9 Å². The Balaban J connectivity index is 1.33. The van der Waals surface area contributed by atoms with E-state index in [0.29, 0.717) is 13.1 Å². The normalized spacial score (nSPS) is 27.4. The van der Waals surface area contributed by atoms with Crippen molar-refractivity contribution in [3.63, 3.8) is 0 Å². The Morgan fingerprint density at radius 1 is 1.03 bits per heavy atom. The van der Waals surface area contributed by atoms with Crippen LogP contribution in [-0.2, 0) is 16.0 Å². The summed E-state index contributed by atoms with van der Waals surface area (Å²) in [5, 5.41) is 13.0.